The van der Waals surface area contributed by atoms with Crippen LogP contribution in [-0.4, -0.2) is 38.2 Å². The van der Waals surface area contributed by atoms with Gasteiger partial charge in [-0.2, -0.15) is 11.8 Å². The zero-order valence-corrected chi connectivity index (χ0v) is 12.3. The van der Waals surface area contributed by atoms with Gasteiger partial charge < -0.3 is 10.8 Å². The van der Waals surface area contributed by atoms with Gasteiger partial charge in [-0.15, -0.1) is 0 Å². The molecule has 4 N–H and O–H groups in total. The summed E-state index contributed by atoms with van der Waals surface area (Å²) < 4.78 is 26.1. The minimum Gasteiger partial charge on any atom is -0.399 e. The van der Waals surface area contributed by atoms with Gasteiger partial charge in [-0.3, -0.25) is 0 Å². The summed E-state index contributed by atoms with van der Waals surface area (Å²) in [5.41, 5.74) is 6.85. The number of aliphatic hydroxyl groups is 1. The summed E-state index contributed by atoms with van der Waals surface area (Å²) in [6.45, 7) is 0.578. The Kier molecular flexibility index (Phi) is 7.22. The van der Waals surface area contributed by atoms with Crippen LogP contribution in [0.4, 0.5) is 5.69 Å². The van der Waals surface area contributed by atoms with Gasteiger partial charge in [0.15, 0.2) is 0 Å². The van der Waals surface area contributed by atoms with Crippen LogP contribution in [0.3, 0.4) is 0 Å². The molecule has 0 bridgehead atoms. The second-order valence-corrected chi connectivity index (χ2v) is 7.12. The highest BCUT2D eigenvalue weighted by atomic mass is 32.2. The average Bonchev–Trinajstić information content (AvgIpc) is 2.33. The second-order valence-electron chi connectivity index (χ2n) is 4.09. The molecular formula is C12H20N2O3S2. The van der Waals surface area contributed by atoms with E-state index in [1.165, 1.54) is 0 Å². The lowest BCUT2D eigenvalue weighted by Gasteiger charge is -2.07. The van der Waals surface area contributed by atoms with Gasteiger partial charge in [0.25, 0.3) is 0 Å². The molecule has 0 radical (unpaired) electrons. The van der Waals surface area contributed by atoms with Crippen molar-refractivity contribution in [3.8, 4) is 0 Å². The number of hydrogen-bond acceptors (Lipinski definition) is 5. The topological polar surface area (TPSA) is 92.4 Å². The fourth-order valence-corrected chi connectivity index (χ4v) is 3.54. The number of nitrogens with two attached hydrogens (primary N) is 1. The summed E-state index contributed by atoms with van der Waals surface area (Å²) in [5.74, 6) is 1.49. The zero-order valence-electron chi connectivity index (χ0n) is 10.7. The van der Waals surface area contributed by atoms with Gasteiger partial charge in [0.05, 0.1) is 5.75 Å². The van der Waals surface area contributed by atoms with Crippen molar-refractivity contribution in [3.63, 3.8) is 0 Å². The van der Waals surface area contributed by atoms with Crippen molar-refractivity contribution in [2.24, 2.45) is 0 Å². The van der Waals surface area contributed by atoms with Crippen molar-refractivity contribution in [3.05, 3.63) is 29.8 Å². The summed E-state index contributed by atoms with van der Waals surface area (Å²) in [4.78, 5) is 0. The van der Waals surface area contributed by atoms with Gasteiger partial charge in [0, 0.05) is 24.6 Å². The summed E-state index contributed by atoms with van der Waals surface area (Å²) in [6, 6.07) is 6.87. The molecule has 1 aromatic carbocycles. The molecule has 0 spiro atoms. The van der Waals surface area contributed by atoms with Gasteiger partial charge in [0.2, 0.25) is 10.0 Å². The fraction of sp³-hybridized carbons (Fsp3) is 0.500. The number of sulfonamides is 1. The van der Waals surface area contributed by atoms with Crippen LogP contribution in [0.25, 0.3) is 0 Å². The third kappa shape index (κ3) is 7.41. The van der Waals surface area contributed by atoms with E-state index in [1.54, 1.807) is 36.0 Å². The maximum Gasteiger partial charge on any atom is 0.215 e. The van der Waals surface area contributed by atoms with Gasteiger partial charge in [-0.1, -0.05) is 12.1 Å². The molecule has 0 aromatic heterocycles. The van der Waals surface area contributed by atoms with E-state index in [-0.39, 0.29) is 12.4 Å². The van der Waals surface area contributed by atoms with E-state index in [0.717, 1.165) is 12.2 Å². The van der Waals surface area contributed by atoms with Crippen LogP contribution in [0.15, 0.2) is 24.3 Å². The van der Waals surface area contributed by atoms with Crippen molar-refractivity contribution in [1.82, 2.24) is 4.72 Å². The highest BCUT2D eigenvalue weighted by Crippen LogP contribution is 2.09. The molecule has 0 heterocycles. The van der Waals surface area contributed by atoms with E-state index in [9.17, 15) is 8.42 Å². The highest BCUT2D eigenvalue weighted by molar-refractivity contribution is 7.99. The molecule has 0 aliphatic rings. The molecule has 1 rings (SSSR count). The van der Waals surface area contributed by atoms with Crippen molar-refractivity contribution in [1.29, 1.82) is 0 Å². The predicted octanol–water partition coefficient (Wildman–Crippen LogP) is 0.804. The van der Waals surface area contributed by atoms with Crippen LogP contribution in [0.1, 0.15) is 12.0 Å². The Morgan fingerprint density at radius 2 is 2.11 bits per heavy atom. The third-order valence-electron chi connectivity index (χ3n) is 2.32. The minimum atomic E-state index is -3.31. The molecule has 19 heavy (non-hydrogen) atoms. The molecule has 5 nitrogen and oxygen atoms in total. The normalized spacial score (nSPS) is 11.6. The SMILES string of the molecule is Nc1cccc(CS(=O)(=O)NCCSCCCO)c1. The summed E-state index contributed by atoms with van der Waals surface area (Å²) in [7, 11) is -3.31. The van der Waals surface area contributed by atoms with E-state index >= 15 is 0 Å². The maximum atomic E-state index is 11.8. The van der Waals surface area contributed by atoms with Gasteiger partial charge in [0.1, 0.15) is 0 Å². The van der Waals surface area contributed by atoms with Crippen molar-refractivity contribution in [2.75, 3.05) is 30.4 Å². The van der Waals surface area contributed by atoms with Crippen molar-refractivity contribution < 1.29 is 13.5 Å². The Morgan fingerprint density at radius 1 is 1.32 bits per heavy atom. The van der Waals surface area contributed by atoms with E-state index in [4.69, 9.17) is 10.8 Å². The maximum absolute atomic E-state index is 11.8. The number of rotatable bonds is 9. The van der Waals surface area contributed by atoms with Crippen LogP contribution in [0.5, 0.6) is 0 Å². The molecule has 0 amide bonds. The molecule has 108 valence electrons. The van der Waals surface area contributed by atoms with Crippen molar-refractivity contribution >= 4 is 27.5 Å². The van der Waals surface area contributed by atoms with Crippen LogP contribution in [0.2, 0.25) is 0 Å². The summed E-state index contributed by atoms with van der Waals surface area (Å²) >= 11 is 1.62. The lowest BCUT2D eigenvalue weighted by Crippen LogP contribution is -2.27. The molecule has 0 aliphatic carbocycles. The Balaban J connectivity index is 2.32. The number of aliphatic hydroxyl groups excluding tert-OH is 1. The fourth-order valence-electron chi connectivity index (χ4n) is 1.49. The molecule has 0 aliphatic heterocycles. The number of benzene rings is 1. The number of nitrogen functional groups attached to an aromatic ring is 1. The lowest BCUT2D eigenvalue weighted by atomic mass is 10.2. The first-order chi connectivity index (χ1) is 9.03. The first-order valence-electron chi connectivity index (χ1n) is 6.04. The van der Waals surface area contributed by atoms with Crippen LogP contribution < -0.4 is 10.5 Å². The number of hydrogen-bond donors (Lipinski definition) is 3. The van der Waals surface area contributed by atoms with E-state index < -0.39 is 10.0 Å². The largest absolute Gasteiger partial charge is 0.399 e. The second kappa shape index (κ2) is 8.42. The van der Waals surface area contributed by atoms with Crippen LogP contribution >= 0.6 is 11.8 Å². The Labute approximate surface area is 118 Å². The first kappa shape index (κ1) is 16.3. The van der Waals surface area contributed by atoms with Crippen molar-refractivity contribution in [2.45, 2.75) is 12.2 Å². The van der Waals surface area contributed by atoms with Crippen LogP contribution in [-0.2, 0) is 15.8 Å². The number of anilines is 1. The molecule has 7 heteroatoms. The first-order valence-corrected chi connectivity index (χ1v) is 8.84. The Hall–Kier alpha value is -0.760. The van der Waals surface area contributed by atoms with E-state index in [0.29, 0.717) is 23.5 Å². The number of nitrogens with one attached hydrogen (secondary N) is 1. The number of thioether (sulfide) groups is 1. The minimum absolute atomic E-state index is 0.0562. The predicted molar refractivity (Wildman–Crippen MR) is 80.5 cm³/mol. The molecule has 1 aromatic rings. The standard InChI is InChI=1S/C12H20N2O3S2/c13-12-4-1-3-11(9-12)10-19(16,17)14-5-8-18-7-2-6-15/h1,3-4,9,14-15H,2,5-8,10,13H2. The average molecular weight is 304 g/mol. The Morgan fingerprint density at radius 3 is 2.79 bits per heavy atom. The quantitative estimate of drug-likeness (QED) is 0.464. The molecular weight excluding hydrogens is 284 g/mol. The van der Waals surface area contributed by atoms with E-state index in [2.05, 4.69) is 4.72 Å². The van der Waals surface area contributed by atoms with Gasteiger partial charge in [-0.25, -0.2) is 13.1 Å². The van der Waals surface area contributed by atoms with E-state index in [1.807, 2.05) is 0 Å². The summed E-state index contributed by atoms with van der Waals surface area (Å²) in [5, 5.41) is 8.60. The highest BCUT2D eigenvalue weighted by Gasteiger charge is 2.10. The zero-order chi connectivity index (χ0) is 14.1. The van der Waals surface area contributed by atoms with Gasteiger partial charge in [-0.05, 0) is 29.9 Å². The lowest BCUT2D eigenvalue weighted by molar-refractivity contribution is 0.296. The molecule has 0 saturated heterocycles. The molecule has 0 unspecified atom stereocenters. The van der Waals surface area contributed by atoms with Crippen LogP contribution in [0, 0.1) is 0 Å². The molecule has 0 atom stereocenters. The molecule has 0 fully saturated rings. The smallest absolute Gasteiger partial charge is 0.215 e. The monoisotopic (exact) mass is 304 g/mol. The molecule has 0 saturated carbocycles. The summed E-state index contributed by atoms with van der Waals surface area (Å²) in [6.07, 6.45) is 0.737. The van der Waals surface area contributed by atoms with Gasteiger partial charge >= 0.3 is 0 Å². The Bertz CT molecular complexity index is 478. The third-order valence-corrected chi connectivity index (χ3v) is 4.75.